The van der Waals surface area contributed by atoms with Gasteiger partial charge in [0.2, 0.25) is 0 Å². The molecule has 0 aliphatic heterocycles. The minimum Gasteiger partial charge on any atom is -0.393 e. The summed E-state index contributed by atoms with van der Waals surface area (Å²) < 4.78 is 0. The van der Waals surface area contributed by atoms with Gasteiger partial charge < -0.3 is 15.3 Å². The van der Waals surface area contributed by atoms with E-state index in [1.165, 1.54) is 6.08 Å². The Balaban J connectivity index is 4.45. The molecule has 0 saturated carbocycles. The Hall–Kier alpha value is -0.380. The molecule has 3 N–H and O–H groups in total. The average molecular weight is 188 g/mol. The molecule has 0 bridgehead atoms. The van der Waals surface area contributed by atoms with Gasteiger partial charge in [0, 0.05) is 6.42 Å². The Bertz CT molecular complexity index is 164. The third kappa shape index (κ3) is 3.46. The average Bonchev–Trinajstić information content (AvgIpc) is 2.17. The molecule has 0 heterocycles. The molecule has 0 saturated heterocycles. The predicted octanol–water partition coefficient (Wildman–Crippen LogP) is 0.837. The third-order valence-corrected chi connectivity index (χ3v) is 2.58. The highest BCUT2D eigenvalue weighted by Gasteiger charge is 2.34. The smallest absolute Gasteiger partial charge is 0.0905 e. The fourth-order valence-electron chi connectivity index (χ4n) is 1.20. The van der Waals surface area contributed by atoms with Crippen molar-refractivity contribution in [3.8, 4) is 0 Å². The second kappa shape index (κ2) is 4.74. The molecular weight excluding hydrogens is 168 g/mol. The molecule has 0 fully saturated rings. The molecule has 0 radical (unpaired) electrons. The van der Waals surface area contributed by atoms with Crippen molar-refractivity contribution < 1.29 is 15.3 Å². The van der Waals surface area contributed by atoms with Crippen molar-refractivity contribution in [1.29, 1.82) is 0 Å². The molecular formula is C10H20O3. The number of hydrogen-bond donors (Lipinski definition) is 3. The van der Waals surface area contributed by atoms with Gasteiger partial charge in [0.15, 0.2) is 0 Å². The second-order valence-electron chi connectivity index (χ2n) is 3.57. The zero-order valence-electron chi connectivity index (χ0n) is 8.45. The third-order valence-electron chi connectivity index (χ3n) is 2.58. The second-order valence-corrected chi connectivity index (χ2v) is 3.57. The van der Waals surface area contributed by atoms with Crippen LogP contribution in [-0.2, 0) is 0 Å². The summed E-state index contributed by atoms with van der Waals surface area (Å²) in [6.45, 7) is 6.77. The fourth-order valence-corrected chi connectivity index (χ4v) is 1.20. The summed E-state index contributed by atoms with van der Waals surface area (Å²) >= 11 is 0. The van der Waals surface area contributed by atoms with Crippen molar-refractivity contribution in [3.63, 3.8) is 0 Å². The predicted molar refractivity (Wildman–Crippen MR) is 52.4 cm³/mol. The van der Waals surface area contributed by atoms with Crippen LogP contribution in [0.2, 0.25) is 0 Å². The van der Waals surface area contributed by atoms with E-state index in [9.17, 15) is 10.2 Å². The first-order valence-electron chi connectivity index (χ1n) is 4.64. The van der Waals surface area contributed by atoms with E-state index in [-0.39, 0.29) is 13.0 Å². The van der Waals surface area contributed by atoms with Crippen LogP contribution in [0.15, 0.2) is 12.7 Å². The molecule has 3 heteroatoms. The monoisotopic (exact) mass is 188 g/mol. The van der Waals surface area contributed by atoms with E-state index in [1.807, 2.05) is 6.92 Å². The molecule has 0 aliphatic carbocycles. The van der Waals surface area contributed by atoms with Gasteiger partial charge >= 0.3 is 0 Å². The lowest BCUT2D eigenvalue weighted by molar-refractivity contribution is -0.0744. The zero-order chi connectivity index (χ0) is 10.5. The molecule has 78 valence electrons. The molecule has 13 heavy (non-hydrogen) atoms. The van der Waals surface area contributed by atoms with E-state index in [0.29, 0.717) is 12.8 Å². The van der Waals surface area contributed by atoms with E-state index in [0.717, 1.165) is 0 Å². The van der Waals surface area contributed by atoms with E-state index in [1.54, 1.807) is 6.92 Å². The molecule has 0 rings (SSSR count). The minimum atomic E-state index is -1.20. The van der Waals surface area contributed by atoms with Crippen LogP contribution < -0.4 is 0 Å². The Labute approximate surface area is 79.7 Å². The quantitative estimate of drug-likeness (QED) is 0.541. The van der Waals surface area contributed by atoms with Gasteiger partial charge in [-0.1, -0.05) is 19.9 Å². The lowest BCUT2D eigenvalue weighted by Crippen LogP contribution is -2.42. The van der Waals surface area contributed by atoms with Crippen molar-refractivity contribution in [2.24, 2.45) is 0 Å². The number of hydrogen-bond acceptors (Lipinski definition) is 3. The number of rotatable bonds is 6. The summed E-state index contributed by atoms with van der Waals surface area (Å²) in [6.07, 6.45) is 2.45. The van der Waals surface area contributed by atoms with Crippen molar-refractivity contribution in [1.82, 2.24) is 0 Å². The van der Waals surface area contributed by atoms with Crippen molar-refractivity contribution in [2.45, 2.75) is 44.3 Å². The van der Waals surface area contributed by atoms with Crippen molar-refractivity contribution in [3.05, 3.63) is 12.7 Å². The van der Waals surface area contributed by atoms with Gasteiger partial charge in [0.05, 0.1) is 17.8 Å². The largest absolute Gasteiger partial charge is 0.393 e. The van der Waals surface area contributed by atoms with Crippen LogP contribution in [-0.4, -0.2) is 33.1 Å². The standard InChI is InChI=1S/C10H20O3/c1-4-9(12,5-2)7-10(13,6-3)8-11/h4,11-13H,1,5-8H2,2-3H3/t9?,10-/m1/s1. The van der Waals surface area contributed by atoms with E-state index < -0.39 is 11.2 Å². The molecule has 0 aromatic heterocycles. The number of aliphatic hydroxyl groups excluding tert-OH is 1. The Morgan fingerprint density at radius 3 is 2.00 bits per heavy atom. The molecule has 0 spiro atoms. The van der Waals surface area contributed by atoms with Crippen LogP contribution in [0.1, 0.15) is 33.1 Å². The maximum atomic E-state index is 9.84. The summed E-state index contributed by atoms with van der Waals surface area (Å²) in [7, 11) is 0. The maximum Gasteiger partial charge on any atom is 0.0905 e. The van der Waals surface area contributed by atoms with E-state index in [2.05, 4.69) is 6.58 Å². The zero-order valence-corrected chi connectivity index (χ0v) is 8.45. The van der Waals surface area contributed by atoms with Gasteiger partial charge in [-0.3, -0.25) is 0 Å². The first-order chi connectivity index (χ1) is 5.95. The Morgan fingerprint density at radius 2 is 1.77 bits per heavy atom. The van der Waals surface area contributed by atoms with Crippen LogP contribution in [0.25, 0.3) is 0 Å². The summed E-state index contributed by atoms with van der Waals surface area (Å²) in [6, 6.07) is 0. The Kier molecular flexibility index (Phi) is 4.61. The van der Waals surface area contributed by atoms with Crippen molar-refractivity contribution in [2.75, 3.05) is 6.61 Å². The summed E-state index contributed by atoms with van der Waals surface area (Å²) in [5.41, 5.74) is -2.27. The molecule has 0 amide bonds. The molecule has 0 aromatic carbocycles. The molecule has 3 nitrogen and oxygen atoms in total. The summed E-state index contributed by atoms with van der Waals surface area (Å²) in [5.74, 6) is 0. The molecule has 0 aromatic rings. The summed E-state index contributed by atoms with van der Waals surface area (Å²) in [5, 5.41) is 28.6. The molecule has 2 atom stereocenters. The lowest BCUT2D eigenvalue weighted by atomic mass is 9.84. The van der Waals surface area contributed by atoms with Crippen LogP contribution >= 0.6 is 0 Å². The lowest BCUT2D eigenvalue weighted by Gasteiger charge is -2.33. The first kappa shape index (κ1) is 12.6. The topological polar surface area (TPSA) is 60.7 Å². The van der Waals surface area contributed by atoms with Gasteiger partial charge in [-0.15, -0.1) is 6.58 Å². The van der Waals surface area contributed by atoms with Gasteiger partial charge in [0.25, 0.3) is 0 Å². The summed E-state index contributed by atoms with van der Waals surface area (Å²) in [4.78, 5) is 0. The first-order valence-corrected chi connectivity index (χ1v) is 4.64. The van der Waals surface area contributed by atoms with Gasteiger partial charge in [-0.25, -0.2) is 0 Å². The highest BCUT2D eigenvalue weighted by atomic mass is 16.3. The van der Waals surface area contributed by atoms with Crippen molar-refractivity contribution >= 4 is 0 Å². The van der Waals surface area contributed by atoms with Crippen LogP contribution in [0.3, 0.4) is 0 Å². The van der Waals surface area contributed by atoms with Gasteiger partial charge in [-0.2, -0.15) is 0 Å². The fraction of sp³-hybridized carbons (Fsp3) is 0.800. The SMILES string of the molecule is C=CC(O)(CC)C[C@](O)(CC)CO. The van der Waals surface area contributed by atoms with E-state index in [4.69, 9.17) is 5.11 Å². The van der Waals surface area contributed by atoms with Crippen LogP contribution in [0.5, 0.6) is 0 Å². The number of aliphatic hydroxyl groups is 3. The van der Waals surface area contributed by atoms with Gasteiger partial charge in [0.1, 0.15) is 0 Å². The normalized spacial score (nSPS) is 20.4. The minimum absolute atomic E-state index is 0.132. The van der Waals surface area contributed by atoms with Crippen LogP contribution in [0.4, 0.5) is 0 Å². The van der Waals surface area contributed by atoms with E-state index >= 15 is 0 Å². The molecule has 0 aliphatic rings. The van der Waals surface area contributed by atoms with Gasteiger partial charge in [-0.05, 0) is 12.8 Å². The molecule has 1 unspecified atom stereocenters. The maximum absolute atomic E-state index is 9.84. The Morgan fingerprint density at radius 1 is 1.23 bits per heavy atom. The highest BCUT2D eigenvalue weighted by molar-refractivity contribution is 4.99. The van der Waals surface area contributed by atoms with Crippen LogP contribution in [0, 0.1) is 0 Å². The highest BCUT2D eigenvalue weighted by Crippen LogP contribution is 2.26.